The van der Waals surface area contributed by atoms with Gasteiger partial charge >= 0.3 is 0 Å². The number of hydrogen-bond donors (Lipinski definition) is 1. The lowest BCUT2D eigenvalue weighted by atomic mass is 10.2. The number of thiazole rings is 1. The molecule has 132 valence electrons. The van der Waals surface area contributed by atoms with Gasteiger partial charge in [-0.05, 0) is 30.9 Å². The second-order valence-corrected chi connectivity index (χ2v) is 7.15. The molecule has 0 radical (unpaired) electrons. The first-order chi connectivity index (χ1) is 12.7. The SMILES string of the molecule is O=C(CN(CC1CC1)C(=O)c1cnc2ccccc2n1)Nc1nccs1. The molecule has 0 bridgehead atoms. The van der Waals surface area contributed by atoms with Crippen LogP contribution in [0.4, 0.5) is 5.13 Å². The zero-order valence-corrected chi connectivity index (χ0v) is 14.8. The summed E-state index contributed by atoms with van der Waals surface area (Å²) < 4.78 is 0. The maximum absolute atomic E-state index is 12.9. The molecule has 1 aliphatic rings. The Morgan fingerprint density at radius 2 is 2.00 bits per heavy atom. The molecule has 1 fully saturated rings. The molecule has 1 N–H and O–H groups in total. The van der Waals surface area contributed by atoms with Gasteiger partial charge in [0.2, 0.25) is 5.91 Å². The monoisotopic (exact) mass is 367 g/mol. The van der Waals surface area contributed by atoms with Crippen LogP contribution in [0, 0.1) is 5.92 Å². The molecule has 1 saturated carbocycles. The third-order valence-corrected chi connectivity index (χ3v) is 4.83. The Kier molecular flexibility index (Phi) is 4.57. The molecular formula is C18H17N5O2S. The fourth-order valence-corrected chi connectivity index (χ4v) is 3.22. The van der Waals surface area contributed by atoms with Crippen molar-refractivity contribution in [3.05, 3.63) is 47.7 Å². The summed E-state index contributed by atoms with van der Waals surface area (Å²) in [5.41, 5.74) is 1.66. The van der Waals surface area contributed by atoms with E-state index in [2.05, 4.69) is 20.3 Å². The second kappa shape index (κ2) is 7.17. The highest BCUT2D eigenvalue weighted by Crippen LogP contribution is 2.30. The molecule has 2 amide bonds. The number of nitrogens with one attached hydrogen (secondary N) is 1. The van der Waals surface area contributed by atoms with Crippen molar-refractivity contribution >= 4 is 39.3 Å². The molecule has 0 aliphatic heterocycles. The molecule has 26 heavy (non-hydrogen) atoms. The molecule has 1 aromatic carbocycles. The standard InChI is InChI=1S/C18H17N5O2S/c24-16(22-18-19-7-8-26-18)11-23(10-12-5-6-12)17(25)15-9-20-13-3-1-2-4-14(13)21-15/h1-4,7-9,12H,5-6,10-11H2,(H,19,22,24). The number of anilines is 1. The van der Waals surface area contributed by atoms with Crippen LogP contribution in [0.1, 0.15) is 23.3 Å². The highest BCUT2D eigenvalue weighted by atomic mass is 32.1. The molecule has 0 unspecified atom stereocenters. The van der Waals surface area contributed by atoms with Crippen molar-refractivity contribution in [2.45, 2.75) is 12.8 Å². The molecule has 2 aromatic heterocycles. The maximum Gasteiger partial charge on any atom is 0.274 e. The molecule has 0 atom stereocenters. The van der Waals surface area contributed by atoms with Gasteiger partial charge in [0, 0.05) is 18.1 Å². The van der Waals surface area contributed by atoms with Crippen molar-refractivity contribution in [1.29, 1.82) is 0 Å². The Hall–Kier alpha value is -2.87. The molecule has 8 heteroatoms. The van der Waals surface area contributed by atoms with E-state index in [9.17, 15) is 9.59 Å². The molecule has 2 heterocycles. The number of fused-ring (bicyclic) bond motifs is 1. The molecular weight excluding hydrogens is 350 g/mol. The normalized spacial score (nSPS) is 13.5. The van der Waals surface area contributed by atoms with Gasteiger partial charge in [-0.2, -0.15) is 0 Å². The third-order valence-electron chi connectivity index (χ3n) is 4.14. The Balaban J connectivity index is 1.52. The lowest BCUT2D eigenvalue weighted by Gasteiger charge is -2.21. The highest BCUT2D eigenvalue weighted by Gasteiger charge is 2.29. The average molecular weight is 367 g/mol. The Morgan fingerprint density at radius 1 is 1.19 bits per heavy atom. The van der Waals surface area contributed by atoms with E-state index in [1.807, 2.05) is 24.3 Å². The minimum atomic E-state index is -0.274. The van der Waals surface area contributed by atoms with Crippen molar-refractivity contribution in [2.75, 3.05) is 18.4 Å². The third kappa shape index (κ3) is 3.85. The summed E-state index contributed by atoms with van der Waals surface area (Å²) in [5.74, 6) is -0.0767. The topological polar surface area (TPSA) is 88.1 Å². The average Bonchev–Trinajstić information content (AvgIpc) is 3.33. The Morgan fingerprint density at radius 3 is 2.73 bits per heavy atom. The first kappa shape index (κ1) is 16.6. The fourth-order valence-electron chi connectivity index (χ4n) is 2.67. The van der Waals surface area contributed by atoms with Gasteiger partial charge in [-0.15, -0.1) is 11.3 Å². The Labute approximate surface area is 154 Å². The van der Waals surface area contributed by atoms with Crippen LogP contribution in [0.5, 0.6) is 0 Å². The van der Waals surface area contributed by atoms with Crippen LogP contribution in [-0.2, 0) is 4.79 Å². The van der Waals surface area contributed by atoms with Crippen molar-refractivity contribution < 1.29 is 9.59 Å². The lowest BCUT2D eigenvalue weighted by molar-refractivity contribution is -0.116. The number of benzene rings is 1. The minimum Gasteiger partial charge on any atom is -0.328 e. The summed E-state index contributed by atoms with van der Waals surface area (Å²) in [6.45, 7) is 0.530. The fraction of sp³-hybridized carbons (Fsp3) is 0.278. The predicted octanol–water partition coefficient (Wildman–Crippen LogP) is 2.58. The van der Waals surface area contributed by atoms with Crippen LogP contribution < -0.4 is 5.32 Å². The van der Waals surface area contributed by atoms with E-state index in [0.29, 0.717) is 23.1 Å². The van der Waals surface area contributed by atoms with E-state index in [1.54, 1.807) is 16.5 Å². The number of carbonyl (C=O) groups excluding carboxylic acids is 2. The Bertz CT molecular complexity index is 940. The molecule has 0 saturated heterocycles. The van der Waals surface area contributed by atoms with Gasteiger partial charge in [0.05, 0.1) is 17.2 Å². The lowest BCUT2D eigenvalue weighted by Crippen LogP contribution is -2.39. The van der Waals surface area contributed by atoms with E-state index in [-0.39, 0.29) is 24.1 Å². The van der Waals surface area contributed by atoms with Crippen molar-refractivity contribution in [3.8, 4) is 0 Å². The summed E-state index contributed by atoms with van der Waals surface area (Å²) in [5, 5.41) is 5.03. The van der Waals surface area contributed by atoms with E-state index >= 15 is 0 Å². The van der Waals surface area contributed by atoms with Crippen LogP contribution in [0.25, 0.3) is 11.0 Å². The first-order valence-corrected chi connectivity index (χ1v) is 9.27. The van der Waals surface area contributed by atoms with Gasteiger partial charge in [-0.25, -0.2) is 9.97 Å². The maximum atomic E-state index is 12.9. The summed E-state index contributed by atoms with van der Waals surface area (Å²) >= 11 is 1.34. The van der Waals surface area contributed by atoms with Crippen molar-refractivity contribution in [2.24, 2.45) is 5.92 Å². The summed E-state index contributed by atoms with van der Waals surface area (Å²) in [6, 6.07) is 7.40. The molecule has 4 rings (SSSR count). The quantitative estimate of drug-likeness (QED) is 0.723. The van der Waals surface area contributed by atoms with E-state index in [4.69, 9.17) is 0 Å². The molecule has 3 aromatic rings. The predicted molar refractivity (Wildman–Crippen MR) is 98.9 cm³/mol. The number of nitrogens with zero attached hydrogens (tertiary/aromatic N) is 4. The van der Waals surface area contributed by atoms with Crippen LogP contribution in [0.15, 0.2) is 42.0 Å². The van der Waals surface area contributed by atoms with E-state index < -0.39 is 0 Å². The number of para-hydroxylation sites is 2. The summed E-state index contributed by atoms with van der Waals surface area (Å²) in [6.07, 6.45) is 5.27. The van der Waals surface area contributed by atoms with Crippen LogP contribution in [0.3, 0.4) is 0 Å². The van der Waals surface area contributed by atoms with E-state index in [1.165, 1.54) is 17.5 Å². The van der Waals surface area contributed by atoms with E-state index in [0.717, 1.165) is 18.4 Å². The second-order valence-electron chi connectivity index (χ2n) is 6.26. The van der Waals surface area contributed by atoms with Gasteiger partial charge in [-0.1, -0.05) is 12.1 Å². The number of carbonyl (C=O) groups is 2. The molecule has 7 nitrogen and oxygen atoms in total. The molecule has 0 spiro atoms. The largest absolute Gasteiger partial charge is 0.328 e. The summed E-state index contributed by atoms with van der Waals surface area (Å²) in [4.78, 5) is 39.5. The zero-order chi connectivity index (χ0) is 17.9. The van der Waals surface area contributed by atoms with Gasteiger partial charge in [0.25, 0.3) is 5.91 Å². The van der Waals surface area contributed by atoms with Crippen LogP contribution in [-0.4, -0.2) is 44.8 Å². The van der Waals surface area contributed by atoms with Gasteiger partial charge < -0.3 is 10.2 Å². The van der Waals surface area contributed by atoms with Gasteiger partial charge in [0.1, 0.15) is 12.2 Å². The number of hydrogen-bond acceptors (Lipinski definition) is 6. The number of rotatable bonds is 6. The molecule has 1 aliphatic carbocycles. The smallest absolute Gasteiger partial charge is 0.274 e. The number of amides is 2. The summed E-state index contributed by atoms with van der Waals surface area (Å²) in [7, 11) is 0. The zero-order valence-electron chi connectivity index (χ0n) is 14.0. The van der Waals surface area contributed by atoms with Gasteiger partial charge in [-0.3, -0.25) is 14.6 Å². The minimum absolute atomic E-state index is 0.0244. The van der Waals surface area contributed by atoms with Crippen molar-refractivity contribution in [1.82, 2.24) is 19.9 Å². The first-order valence-electron chi connectivity index (χ1n) is 8.39. The van der Waals surface area contributed by atoms with Crippen molar-refractivity contribution in [3.63, 3.8) is 0 Å². The number of aromatic nitrogens is 3. The van der Waals surface area contributed by atoms with Gasteiger partial charge in [0.15, 0.2) is 5.13 Å². The van der Waals surface area contributed by atoms with Crippen LogP contribution >= 0.6 is 11.3 Å². The highest BCUT2D eigenvalue weighted by molar-refractivity contribution is 7.13. The van der Waals surface area contributed by atoms with Crippen LogP contribution in [0.2, 0.25) is 0 Å².